The van der Waals surface area contributed by atoms with Crippen molar-refractivity contribution < 1.29 is 14.7 Å². The van der Waals surface area contributed by atoms with Gasteiger partial charge < -0.3 is 19.5 Å². The quantitative estimate of drug-likeness (QED) is 0.741. The van der Waals surface area contributed by atoms with E-state index in [4.69, 9.17) is 5.11 Å². The first-order chi connectivity index (χ1) is 8.41. The molecule has 0 aliphatic rings. The molecule has 0 aliphatic carbocycles. The summed E-state index contributed by atoms with van der Waals surface area (Å²) in [5.74, 6) is -1.34. The van der Waals surface area contributed by atoms with Crippen LogP contribution < -0.4 is 0 Å². The molecule has 0 bridgehead atoms. The Labute approximate surface area is 106 Å². The molecule has 0 unspecified atom stereocenters. The summed E-state index contributed by atoms with van der Waals surface area (Å²) in [7, 11) is 5.44. The summed E-state index contributed by atoms with van der Waals surface area (Å²) >= 11 is 0. The number of carboxylic acid groups (broad SMARTS) is 1. The Balaban J connectivity index is 2.79. The van der Waals surface area contributed by atoms with Crippen molar-refractivity contribution in [1.82, 2.24) is 19.4 Å². The van der Waals surface area contributed by atoms with Gasteiger partial charge in [0, 0.05) is 20.1 Å². The summed E-state index contributed by atoms with van der Waals surface area (Å²) in [5.41, 5.74) is 0.384. The van der Waals surface area contributed by atoms with Crippen LogP contribution in [0.15, 0.2) is 12.5 Å². The third kappa shape index (κ3) is 3.85. The number of carbonyl (C=O) groups is 2. The molecule has 0 spiro atoms. The molecule has 1 N–H and O–H groups in total. The highest BCUT2D eigenvalue weighted by molar-refractivity contribution is 5.94. The summed E-state index contributed by atoms with van der Waals surface area (Å²) in [6.45, 7) is 0.665. The van der Waals surface area contributed by atoms with Crippen LogP contribution in [0.2, 0.25) is 0 Å². The van der Waals surface area contributed by atoms with Gasteiger partial charge in [-0.3, -0.25) is 9.59 Å². The summed E-state index contributed by atoms with van der Waals surface area (Å²) in [6, 6.07) is 0. The summed E-state index contributed by atoms with van der Waals surface area (Å²) in [5, 5.41) is 8.83. The fourth-order valence-corrected chi connectivity index (χ4v) is 1.46. The summed E-state index contributed by atoms with van der Waals surface area (Å²) in [6.07, 6.45) is 2.95. The van der Waals surface area contributed by atoms with Crippen LogP contribution in [0.4, 0.5) is 0 Å². The first-order valence-corrected chi connectivity index (χ1v) is 5.54. The molecule has 1 rings (SSSR count). The van der Waals surface area contributed by atoms with Gasteiger partial charge in [-0.1, -0.05) is 0 Å². The normalized spacial score (nSPS) is 10.7. The molecule has 1 amide bonds. The molecule has 0 saturated carbocycles. The van der Waals surface area contributed by atoms with E-state index in [-0.39, 0.29) is 12.5 Å². The monoisotopic (exact) mass is 254 g/mol. The molecule has 7 nitrogen and oxygen atoms in total. The number of aryl methyl sites for hydroxylation is 1. The van der Waals surface area contributed by atoms with Gasteiger partial charge in [0.15, 0.2) is 0 Å². The maximum atomic E-state index is 12.2. The fraction of sp³-hybridized carbons (Fsp3) is 0.545. The van der Waals surface area contributed by atoms with E-state index in [1.54, 1.807) is 11.6 Å². The lowest BCUT2D eigenvalue weighted by molar-refractivity contribution is -0.137. The van der Waals surface area contributed by atoms with Crippen molar-refractivity contribution in [2.45, 2.75) is 0 Å². The lowest BCUT2D eigenvalue weighted by Crippen LogP contribution is -2.40. The molecule has 0 aromatic carbocycles. The van der Waals surface area contributed by atoms with Gasteiger partial charge in [0.1, 0.15) is 12.2 Å². The number of imidazole rings is 1. The van der Waals surface area contributed by atoms with Crippen molar-refractivity contribution >= 4 is 11.9 Å². The van der Waals surface area contributed by atoms with Crippen LogP contribution in [-0.2, 0) is 11.8 Å². The minimum absolute atomic E-state index is 0.308. The highest BCUT2D eigenvalue weighted by Gasteiger charge is 2.20. The van der Waals surface area contributed by atoms with Gasteiger partial charge in [-0.15, -0.1) is 0 Å². The molecule has 1 aromatic rings. The largest absolute Gasteiger partial charge is 0.480 e. The van der Waals surface area contributed by atoms with Gasteiger partial charge in [-0.05, 0) is 14.1 Å². The molecule has 100 valence electrons. The second-order valence-corrected chi connectivity index (χ2v) is 4.31. The Bertz CT molecular complexity index is 428. The average Bonchev–Trinajstić information content (AvgIpc) is 2.69. The van der Waals surface area contributed by atoms with Crippen molar-refractivity contribution in [2.24, 2.45) is 7.05 Å². The lowest BCUT2D eigenvalue weighted by atomic mass is 10.3. The lowest BCUT2D eigenvalue weighted by Gasteiger charge is -2.22. The van der Waals surface area contributed by atoms with Crippen LogP contribution in [0.5, 0.6) is 0 Å². The van der Waals surface area contributed by atoms with Crippen molar-refractivity contribution in [3.63, 3.8) is 0 Å². The molecule has 0 atom stereocenters. The number of aliphatic carboxylic acids is 1. The maximum Gasteiger partial charge on any atom is 0.323 e. The minimum Gasteiger partial charge on any atom is -0.480 e. The van der Waals surface area contributed by atoms with Crippen molar-refractivity contribution in [2.75, 3.05) is 33.7 Å². The number of nitrogens with zero attached hydrogens (tertiary/aromatic N) is 4. The van der Waals surface area contributed by atoms with Crippen LogP contribution in [-0.4, -0.2) is 70.1 Å². The van der Waals surface area contributed by atoms with Crippen molar-refractivity contribution in [3.05, 3.63) is 18.2 Å². The second kappa shape index (κ2) is 6.15. The van der Waals surface area contributed by atoms with E-state index < -0.39 is 5.97 Å². The van der Waals surface area contributed by atoms with Gasteiger partial charge in [0.25, 0.3) is 5.91 Å². The second-order valence-electron chi connectivity index (χ2n) is 4.31. The van der Waals surface area contributed by atoms with E-state index in [1.807, 2.05) is 19.0 Å². The third-order valence-corrected chi connectivity index (χ3v) is 2.47. The summed E-state index contributed by atoms with van der Waals surface area (Å²) in [4.78, 5) is 30.0. The van der Waals surface area contributed by atoms with Gasteiger partial charge in [-0.25, -0.2) is 4.98 Å². The van der Waals surface area contributed by atoms with Crippen molar-refractivity contribution in [1.29, 1.82) is 0 Å². The van der Waals surface area contributed by atoms with Crippen LogP contribution in [0.3, 0.4) is 0 Å². The Morgan fingerprint density at radius 2 is 2.06 bits per heavy atom. The van der Waals surface area contributed by atoms with Crippen LogP contribution in [0, 0.1) is 0 Å². The minimum atomic E-state index is -1.02. The zero-order valence-corrected chi connectivity index (χ0v) is 10.8. The number of likely N-dealkylation sites (N-methyl/N-ethyl adjacent to an activating group) is 1. The van der Waals surface area contributed by atoms with Crippen molar-refractivity contribution in [3.8, 4) is 0 Å². The molecule has 1 aromatic heterocycles. The molecule has 0 aliphatic heterocycles. The number of amides is 1. The van der Waals surface area contributed by atoms with E-state index in [0.717, 1.165) is 0 Å². The van der Waals surface area contributed by atoms with E-state index >= 15 is 0 Å². The van der Waals surface area contributed by atoms with Gasteiger partial charge in [0.05, 0.1) is 12.5 Å². The first-order valence-electron chi connectivity index (χ1n) is 5.54. The molecule has 0 fully saturated rings. The molecule has 1 heterocycles. The molecule has 18 heavy (non-hydrogen) atoms. The Morgan fingerprint density at radius 3 is 2.50 bits per heavy atom. The fourth-order valence-electron chi connectivity index (χ4n) is 1.46. The number of carbonyl (C=O) groups excluding carboxylic acids is 1. The maximum absolute atomic E-state index is 12.2. The van der Waals surface area contributed by atoms with E-state index in [2.05, 4.69) is 4.98 Å². The standard InChI is InChI=1S/C11H18N4O3/c1-13(2)4-5-15(7-10(16)17)11(18)9-6-12-8-14(9)3/h6,8H,4-5,7H2,1-3H3,(H,16,17). The Morgan fingerprint density at radius 1 is 1.39 bits per heavy atom. The zero-order chi connectivity index (χ0) is 13.7. The highest BCUT2D eigenvalue weighted by Crippen LogP contribution is 2.03. The smallest absolute Gasteiger partial charge is 0.323 e. The predicted octanol–water partition coefficient (Wildman–Crippen LogP) is -0.491. The SMILES string of the molecule is CN(C)CCN(CC(=O)O)C(=O)c1cncn1C. The molecular formula is C11H18N4O3. The van der Waals surface area contributed by atoms with E-state index in [0.29, 0.717) is 18.8 Å². The number of aromatic nitrogens is 2. The molecule has 0 saturated heterocycles. The first kappa shape index (κ1) is 14.2. The Hall–Kier alpha value is -1.89. The topological polar surface area (TPSA) is 78.7 Å². The number of hydrogen-bond acceptors (Lipinski definition) is 4. The van der Waals surface area contributed by atoms with E-state index in [9.17, 15) is 9.59 Å². The third-order valence-electron chi connectivity index (χ3n) is 2.47. The average molecular weight is 254 g/mol. The predicted molar refractivity (Wildman–Crippen MR) is 65.3 cm³/mol. The van der Waals surface area contributed by atoms with E-state index in [1.165, 1.54) is 17.4 Å². The van der Waals surface area contributed by atoms with Crippen LogP contribution in [0.1, 0.15) is 10.5 Å². The number of rotatable bonds is 6. The molecule has 0 radical (unpaired) electrons. The van der Waals surface area contributed by atoms with Crippen LogP contribution >= 0.6 is 0 Å². The Kier molecular flexibility index (Phi) is 4.85. The molecular weight excluding hydrogens is 236 g/mol. The highest BCUT2D eigenvalue weighted by atomic mass is 16.4. The molecule has 7 heteroatoms. The van der Waals surface area contributed by atoms with Crippen LogP contribution in [0.25, 0.3) is 0 Å². The van der Waals surface area contributed by atoms with Gasteiger partial charge in [0.2, 0.25) is 0 Å². The van der Waals surface area contributed by atoms with Gasteiger partial charge >= 0.3 is 5.97 Å². The number of carboxylic acids is 1. The number of hydrogen-bond donors (Lipinski definition) is 1. The summed E-state index contributed by atoms with van der Waals surface area (Å²) < 4.78 is 1.58. The zero-order valence-electron chi connectivity index (χ0n) is 10.8. The van der Waals surface area contributed by atoms with Gasteiger partial charge in [-0.2, -0.15) is 0 Å².